The molecule has 1 aromatic carbocycles. The van der Waals surface area contributed by atoms with Crippen molar-refractivity contribution in [2.24, 2.45) is 0 Å². The molecule has 0 saturated carbocycles. The van der Waals surface area contributed by atoms with E-state index in [-0.39, 0.29) is 5.91 Å². The number of rotatable bonds is 7. The second kappa shape index (κ2) is 8.29. The zero-order valence-electron chi connectivity index (χ0n) is 13.8. The van der Waals surface area contributed by atoms with Crippen molar-refractivity contribution < 1.29 is 9.53 Å². The molecule has 0 aliphatic rings. The van der Waals surface area contributed by atoms with Crippen LogP contribution in [0.25, 0.3) is 0 Å². The topological polar surface area (TPSA) is 63.2 Å². The fourth-order valence-electron chi connectivity index (χ4n) is 2.34. The van der Waals surface area contributed by atoms with Crippen LogP contribution in [0.2, 0.25) is 0 Å². The predicted octanol–water partition coefficient (Wildman–Crippen LogP) is 3.26. The van der Waals surface area contributed by atoms with E-state index >= 15 is 0 Å². The SMILES string of the molecule is CCc1cccc(C)c1NC(=O)c1ccnc(NCCOC)c1. The molecule has 2 N–H and O–H groups in total. The second-order valence-corrected chi connectivity index (χ2v) is 5.27. The summed E-state index contributed by atoms with van der Waals surface area (Å²) < 4.78 is 4.99. The fraction of sp³-hybridized carbons (Fsp3) is 0.333. The van der Waals surface area contributed by atoms with E-state index in [4.69, 9.17) is 4.74 Å². The van der Waals surface area contributed by atoms with E-state index in [1.807, 2.05) is 25.1 Å². The van der Waals surface area contributed by atoms with Crippen molar-refractivity contribution in [1.29, 1.82) is 0 Å². The number of ether oxygens (including phenoxy) is 1. The molecule has 1 amide bonds. The molecule has 1 aromatic heterocycles. The molecule has 0 radical (unpaired) electrons. The standard InChI is InChI=1S/C18H23N3O2/c1-4-14-7-5-6-13(2)17(14)21-18(22)15-8-9-19-16(12-15)20-10-11-23-3/h5-9,12H,4,10-11H2,1-3H3,(H,19,20)(H,21,22). The van der Waals surface area contributed by atoms with Gasteiger partial charge in [0.2, 0.25) is 0 Å². The van der Waals surface area contributed by atoms with Crippen molar-refractivity contribution in [3.63, 3.8) is 0 Å². The van der Waals surface area contributed by atoms with Gasteiger partial charge in [0.1, 0.15) is 5.82 Å². The number of carbonyl (C=O) groups is 1. The van der Waals surface area contributed by atoms with Gasteiger partial charge in [0.25, 0.3) is 5.91 Å². The predicted molar refractivity (Wildman–Crippen MR) is 93.1 cm³/mol. The normalized spacial score (nSPS) is 10.4. The van der Waals surface area contributed by atoms with Gasteiger partial charge in [-0.15, -0.1) is 0 Å². The third-order valence-electron chi connectivity index (χ3n) is 3.61. The average molecular weight is 313 g/mol. The highest BCUT2D eigenvalue weighted by molar-refractivity contribution is 6.05. The Labute approximate surface area is 137 Å². The summed E-state index contributed by atoms with van der Waals surface area (Å²) in [4.78, 5) is 16.7. The van der Waals surface area contributed by atoms with Crippen LogP contribution in [-0.4, -0.2) is 31.2 Å². The number of carbonyl (C=O) groups excluding carboxylic acids is 1. The lowest BCUT2D eigenvalue weighted by molar-refractivity contribution is 0.102. The van der Waals surface area contributed by atoms with Crippen molar-refractivity contribution in [3.05, 3.63) is 53.2 Å². The van der Waals surface area contributed by atoms with Gasteiger partial charge in [-0.1, -0.05) is 25.1 Å². The Kier molecular flexibility index (Phi) is 6.11. The summed E-state index contributed by atoms with van der Waals surface area (Å²) in [7, 11) is 1.65. The van der Waals surface area contributed by atoms with E-state index in [9.17, 15) is 4.79 Å². The molecule has 122 valence electrons. The van der Waals surface area contributed by atoms with Gasteiger partial charge in [0, 0.05) is 31.1 Å². The quantitative estimate of drug-likeness (QED) is 0.770. The number of benzene rings is 1. The molecule has 5 nitrogen and oxygen atoms in total. The van der Waals surface area contributed by atoms with Crippen LogP contribution >= 0.6 is 0 Å². The van der Waals surface area contributed by atoms with Crippen molar-refractivity contribution in [3.8, 4) is 0 Å². The van der Waals surface area contributed by atoms with Crippen molar-refractivity contribution in [2.45, 2.75) is 20.3 Å². The molecule has 2 rings (SSSR count). The van der Waals surface area contributed by atoms with Gasteiger partial charge in [-0.05, 0) is 36.6 Å². The maximum Gasteiger partial charge on any atom is 0.255 e. The summed E-state index contributed by atoms with van der Waals surface area (Å²) in [6, 6.07) is 9.50. The van der Waals surface area contributed by atoms with Crippen molar-refractivity contribution in [1.82, 2.24) is 4.98 Å². The Morgan fingerprint density at radius 3 is 2.87 bits per heavy atom. The molecule has 1 heterocycles. The highest BCUT2D eigenvalue weighted by Gasteiger charge is 2.11. The number of nitrogens with zero attached hydrogens (tertiary/aromatic N) is 1. The lowest BCUT2D eigenvalue weighted by atomic mass is 10.1. The Balaban J connectivity index is 2.14. The van der Waals surface area contributed by atoms with Crippen LogP contribution in [0.4, 0.5) is 11.5 Å². The van der Waals surface area contributed by atoms with E-state index in [0.29, 0.717) is 24.5 Å². The number of anilines is 2. The Morgan fingerprint density at radius 1 is 1.30 bits per heavy atom. The number of amides is 1. The highest BCUT2D eigenvalue weighted by Crippen LogP contribution is 2.22. The van der Waals surface area contributed by atoms with Crippen LogP contribution in [-0.2, 0) is 11.2 Å². The van der Waals surface area contributed by atoms with Gasteiger partial charge in [-0.25, -0.2) is 4.98 Å². The van der Waals surface area contributed by atoms with Gasteiger partial charge in [0.15, 0.2) is 0 Å². The summed E-state index contributed by atoms with van der Waals surface area (Å²) in [5, 5.41) is 6.14. The molecule has 0 aliphatic carbocycles. The smallest absolute Gasteiger partial charge is 0.255 e. The summed E-state index contributed by atoms with van der Waals surface area (Å²) in [5.74, 6) is 0.529. The molecular formula is C18H23N3O2. The lowest BCUT2D eigenvalue weighted by Gasteiger charge is -2.13. The van der Waals surface area contributed by atoms with Crippen LogP contribution in [0.15, 0.2) is 36.5 Å². The number of hydrogen-bond acceptors (Lipinski definition) is 4. The third-order valence-corrected chi connectivity index (χ3v) is 3.61. The minimum Gasteiger partial charge on any atom is -0.383 e. The monoisotopic (exact) mass is 313 g/mol. The molecule has 0 unspecified atom stereocenters. The second-order valence-electron chi connectivity index (χ2n) is 5.27. The molecule has 23 heavy (non-hydrogen) atoms. The summed E-state index contributed by atoms with van der Waals surface area (Å²) >= 11 is 0. The van der Waals surface area contributed by atoms with E-state index in [1.165, 1.54) is 0 Å². The number of hydrogen-bond donors (Lipinski definition) is 2. The third kappa shape index (κ3) is 4.53. The molecule has 5 heteroatoms. The first-order valence-corrected chi connectivity index (χ1v) is 7.74. The summed E-state index contributed by atoms with van der Waals surface area (Å²) in [6.07, 6.45) is 2.50. The molecule has 2 aromatic rings. The first-order valence-electron chi connectivity index (χ1n) is 7.74. The van der Waals surface area contributed by atoms with Gasteiger partial charge >= 0.3 is 0 Å². The van der Waals surface area contributed by atoms with Crippen LogP contribution in [0.3, 0.4) is 0 Å². The Bertz CT molecular complexity index is 671. The maximum atomic E-state index is 12.5. The Morgan fingerprint density at radius 2 is 2.13 bits per heavy atom. The summed E-state index contributed by atoms with van der Waals surface area (Å²) in [5.41, 5.74) is 3.66. The minimum atomic E-state index is -0.133. The minimum absolute atomic E-state index is 0.133. The van der Waals surface area contributed by atoms with Crippen molar-refractivity contribution >= 4 is 17.4 Å². The highest BCUT2D eigenvalue weighted by atomic mass is 16.5. The van der Waals surface area contributed by atoms with E-state index in [0.717, 1.165) is 23.2 Å². The number of methoxy groups -OCH3 is 1. The number of nitrogens with one attached hydrogen (secondary N) is 2. The number of aromatic nitrogens is 1. The number of para-hydroxylation sites is 1. The molecule has 0 aliphatic heterocycles. The van der Waals surface area contributed by atoms with Crippen LogP contribution < -0.4 is 10.6 Å². The van der Waals surface area contributed by atoms with Gasteiger partial charge in [-0.3, -0.25) is 4.79 Å². The van der Waals surface area contributed by atoms with Gasteiger partial charge < -0.3 is 15.4 Å². The van der Waals surface area contributed by atoms with Crippen LogP contribution in [0.5, 0.6) is 0 Å². The van der Waals surface area contributed by atoms with Crippen LogP contribution in [0, 0.1) is 6.92 Å². The number of aryl methyl sites for hydroxylation is 2. The van der Waals surface area contributed by atoms with E-state index < -0.39 is 0 Å². The molecule has 0 spiro atoms. The first kappa shape index (κ1) is 17.0. The summed E-state index contributed by atoms with van der Waals surface area (Å²) in [6.45, 7) is 5.31. The molecule has 0 atom stereocenters. The first-order chi connectivity index (χ1) is 11.2. The van der Waals surface area contributed by atoms with E-state index in [2.05, 4.69) is 22.5 Å². The molecule has 0 fully saturated rings. The van der Waals surface area contributed by atoms with Gasteiger partial charge in [0.05, 0.1) is 6.61 Å². The van der Waals surface area contributed by atoms with Gasteiger partial charge in [-0.2, -0.15) is 0 Å². The Hall–Kier alpha value is -2.40. The van der Waals surface area contributed by atoms with Crippen molar-refractivity contribution in [2.75, 3.05) is 30.9 Å². The maximum absolute atomic E-state index is 12.5. The van der Waals surface area contributed by atoms with E-state index in [1.54, 1.807) is 25.4 Å². The number of pyridine rings is 1. The zero-order valence-corrected chi connectivity index (χ0v) is 13.8. The lowest BCUT2D eigenvalue weighted by Crippen LogP contribution is -2.15. The molecule has 0 bridgehead atoms. The van der Waals surface area contributed by atoms with Crippen LogP contribution in [0.1, 0.15) is 28.4 Å². The molecular weight excluding hydrogens is 290 g/mol. The largest absolute Gasteiger partial charge is 0.383 e. The molecule has 0 saturated heterocycles. The zero-order chi connectivity index (χ0) is 16.7. The fourth-order valence-corrected chi connectivity index (χ4v) is 2.34. The average Bonchev–Trinajstić information content (AvgIpc) is 2.57.